The summed E-state index contributed by atoms with van der Waals surface area (Å²) in [5.41, 5.74) is 1.76. The number of rotatable bonds is 5. The largest absolute Gasteiger partial charge is 0.481 e. The highest BCUT2D eigenvalue weighted by molar-refractivity contribution is 6.30. The lowest BCUT2D eigenvalue weighted by Gasteiger charge is -2.09. The molecule has 2 rings (SSSR count). The van der Waals surface area contributed by atoms with E-state index in [9.17, 15) is 9.59 Å². The molecule has 0 radical (unpaired) electrons. The first-order valence-electron chi connectivity index (χ1n) is 6.72. The summed E-state index contributed by atoms with van der Waals surface area (Å²) in [6.07, 6.45) is -0.139. The van der Waals surface area contributed by atoms with Gasteiger partial charge < -0.3 is 10.4 Å². The standard InChI is InChI=1S/C15H16ClN3O3/c1-9(6-14(20)21)17-15(22)13-7-10(2)19(18-13)12-5-3-4-11(16)8-12/h3-5,7-9H,6H2,1-2H3,(H,17,22)(H,20,21). The molecule has 1 aromatic carbocycles. The predicted molar refractivity (Wildman–Crippen MR) is 82.5 cm³/mol. The molecule has 1 atom stereocenters. The summed E-state index contributed by atoms with van der Waals surface area (Å²) in [5.74, 6) is -1.37. The van der Waals surface area contributed by atoms with Gasteiger partial charge in [-0.2, -0.15) is 5.10 Å². The average molecular weight is 322 g/mol. The summed E-state index contributed by atoms with van der Waals surface area (Å²) in [4.78, 5) is 22.7. The van der Waals surface area contributed by atoms with Crippen LogP contribution < -0.4 is 5.32 Å². The zero-order valence-electron chi connectivity index (χ0n) is 12.2. The third kappa shape index (κ3) is 3.85. The van der Waals surface area contributed by atoms with Gasteiger partial charge in [0.25, 0.3) is 5.91 Å². The minimum Gasteiger partial charge on any atom is -0.481 e. The molecule has 1 amide bonds. The van der Waals surface area contributed by atoms with Crippen molar-refractivity contribution in [2.45, 2.75) is 26.3 Å². The van der Waals surface area contributed by atoms with Crippen LogP contribution in [-0.2, 0) is 4.79 Å². The minimum absolute atomic E-state index is 0.139. The lowest BCUT2D eigenvalue weighted by atomic mass is 10.2. The van der Waals surface area contributed by atoms with Gasteiger partial charge in [0.1, 0.15) is 0 Å². The Labute approximate surface area is 132 Å². The van der Waals surface area contributed by atoms with E-state index in [1.54, 1.807) is 35.9 Å². The number of carbonyl (C=O) groups is 2. The van der Waals surface area contributed by atoms with E-state index in [4.69, 9.17) is 16.7 Å². The second-order valence-electron chi connectivity index (χ2n) is 5.04. The van der Waals surface area contributed by atoms with Crippen molar-refractivity contribution in [1.29, 1.82) is 0 Å². The molecule has 0 aliphatic rings. The Morgan fingerprint density at radius 3 is 2.77 bits per heavy atom. The number of benzene rings is 1. The summed E-state index contributed by atoms with van der Waals surface area (Å²) in [5, 5.41) is 16.1. The van der Waals surface area contributed by atoms with E-state index in [0.29, 0.717) is 5.02 Å². The van der Waals surface area contributed by atoms with E-state index in [1.165, 1.54) is 0 Å². The van der Waals surface area contributed by atoms with Gasteiger partial charge in [-0.15, -0.1) is 0 Å². The first kappa shape index (κ1) is 16.0. The molecule has 0 aliphatic carbocycles. The van der Waals surface area contributed by atoms with Crippen molar-refractivity contribution in [2.24, 2.45) is 0 Å². The van der Waals surface area contributed by atoms with E-state index in [2.05, 4.69) is 10.4 Å². The van der Waals surface area contributed by atoms with Crippen LogP contribution >= 0.6 is 11.6 Å². The molecule has 0 aliphatic heterocycles. The summed E-state index contributed by atoms with van der Waals surface area (Å²) in [7, 11) is 0. The molecular formula is C15H16ClN3O3. The zero-order valence-corrected chi connectivity index (χ0v) is 13.0. The highest BCUT2D eigenvalue weighted by atomic mass is 35.5. The number of amides is 1. The zero-order chi connectivity index (χ0) is 16.3. The maximum absolute atomic E-state index is 12.1. The van der Waals surface area contributed by atoms with Crippen LogP contribution in [0.1, 0.15) is 29.5 Å². The fraction of sp³-hybridized carbons (Fsp3) is 0.267. The van der Waals surface area contributed by atoms with Gasteiger partial charge in [0.15, 0.2) is 5.69 Å². The first-order valence-corrected chi connectivity index (χ1v) is 7.10. The highest BCUT2D eigenvalue weighted by Crippen LogP contribution is 2.16. The summed E-state index contributed by atoms with van der Waals surface area (Å²) in [6, 6.07) is 8.31. The quantitative estimate of drug-likeness (QED) is 0.885. The number of hydrogen-bond acceptors (Lipinski definition) is 3. The van der Waals surface area contributed by atoms with Crippen molar-refractivity contribution in [2.75, 3.05) is 0 Å². The van der Waals surface area contributed by atoms with Gasteiger partial charge in [-0.25, -0.2) is 4.68 Å². The third-order valence-corrected chi connectivity index (χ3v) is 3.27. The molecule has 6 nitrogen and oxygen atoms in total. The lowest BCUT2D eigenvalue weighted by Crippen LogP contribution is -2.34. The predicted octanol–water partition coefficient (Wildman–Crippen LogP) is 2.43. The Bertz CT molecular complexity index is 712. The van der Waals surface area contributed by atoms with Crippen molar-refractivity contribution >= 4 is 23.5 Å². The number of nitrogens with one attached hydrogen (secondary N) is 1. The van der Waals surface area contributed by atoms with Crippen LogP contribution in [0.3, 0.4) is 0 Å². The first-order chi connectivity index (χ1) is 10.4. The number of halogens is 1. The molecule has 7 heteroatoms. The van der Waals surface area contributed by atoms with Crippen LogP contribution in [0.5, 0.6) is 0 Å². The van der Waals surface area contributed by atoms with Gasteiger partial charge in [-0.05, 0) is 38.1 Å². The fourth-order valence-corrected chi connectivity index (χ4v) is 2.25. The van der Waals surface area contributed by atoms with Gasteiger partial charge in [-0.1, -0.05) is 17.7 Å². The number of aromatic nitrogens is 2. The van der Waals surface area contributed by atoms with E-state index in [1.807, 2.05) is 13.0 Å². The van der Waals surface area contributed by atoms with Crippen LogP contribution in [0.2, 0.25) is 5.02 Å². The van der Waals surface area contributed by atoms with E-state index in [0.717, 1.165) is 11.4 Å². The van der Waals surface area contributed by atoms with E-state index >= 15 is 0 Å². The van der Waals surface area contributed by atoms with Crippen LogP contribution in [0.25, 0.3) is 5.69 Å². The summed E-state index contributed by atoms with van der Waals surface area (Å²) >= 11 is 5.96. The number of carbonyl (C=O) groups excluding carboxylic acids is 1. The molecule has 22 heavy (non-hydrogen) atoms. The molecule has 0 fully saturated rings. The van der Waals surface area contributed by atoms with Crippen molar-refractivity contribution in [1.82, 2.24) is 15.1 Å². The molecule has 0 saturated heterocycles. The van der Waals surface area contributed by atoms with Crippen molar-refractivity contribution in [3.05, 3.63) is 46.7 Å². The van der Waals surface area contributed by atoms with E-state index < -0.39 is 17.9 Å². The van der Waals surface area contributed by atoms with Crippen molar-refractivity contribution in [3.8, 4) is 5.69 Å². The summed E-state index contributed by atoms with van der Waals surface area (Å²) in [6.45, 7) is 3.46. The lowest BCUT2D eigenvalue weighted by molar-refractivity contribution is -0.137. The van der Waals surface area contributed by atoms with Gasteiger partial charge in [-0.3, -0.25) is 9.59 Å². The number of nitrogens with zero attached hydrogens (tertiary/aromatic N) is 2. The van der Waals surface area contributed by atoms with Crippen molar-refractivity contribution < 1.29 is 14.7 Å². The van der Waals surface area contributed by atoms with Gasteiger partial charge in [0.2, 0.25) is 0 Å². The smallest absolute Gasteiger partial charge is 0.305 e. The van der Waals surface area contributed by atoms with E-state index in [-0.39, 0.29) is 12.1 Å². The van der Waals surface area contributed by atoms with Crippen LogP contribution in [0.15, 0.2) is 30.3 Å². The molecule has 1 aromatic heterocycles. The minimum atomic E-state index is -0.964. The van der Waals surface area contributed by atoms with Gasteiger partial charge in [0.05, 0.1) is 12.1 Å². The number of carboxylic acid groups (broad SMARTS) is 1. The Morgan fingerprint density at radius 2 is 2.14 bits per heavy atom. The fourth-order valence-electron chi connectivity index (χ4n) is 2.07. The van der Waals surface area contributed by atoms with Crippen LogP contribution in [0.4, 0.5) is 0 Å². The molecule has 0 spiro atoms. The molecule has 0 bridgehead atoms. The Morgan fingerprint density at radius 1 is 1.41 bits per heavy atom. The SMILES string of the molecule is Cc1cc(C(=O)NC(C)CC(=O)O)nn1-c1cccc(Cl)c1. The maximum atomic E-state index is 12.1. The number of hydrogen-bond donors (Lipinski definition) is 2. The molecular weight excluding hydrogens is 306 g/mol. The number of aliphatic carboxylic acids is 1. The normalized spacial score (nSPS) is 12.0. The Kier molecular flexibility index (Phi) is 4.82. The maximum Gasteiger partial charge on any atom is 0.305 e. The molecule has 116 valence electrons. The summed E-state index contributed by atoms with van der Waals surface area (Å²) < 4.78 is 1.61. The Hall–Kier alpha value is -2.34. The monoisotopic (exact) mass is 321 g/mol. The molecule has 1 heterocycles. The second-order valence-corrected chi connectivity index (χ2v) is 5.47. The third-order valence-electron chi connectivity index (χ3n) is 3.03. The molecule has 2 N–H and O–H groups in total. The molecule has 0 saturated carbocycles. The average Bonchev–Trinajstić information content (AvgIpc) is 2.80. The van der Waals surface area contributed by atoms with Gasteiger partial charge in [0, 0.05) is 16.8 Å². The number of aryl methyl sites for hydroxylation is 1. The number of carboxylic acids is 1. The van der Waals surface area contributed by atoms with Crippen LogP contribution in [-0.4, -0.2) is 32.8 Å². The molecule has 2 aromatic rings. The van der Waals surface area contributed by atoms with Crippen molar-refractivity contribution in [3.63, 3.8) is 0 Å². The second kappa shape index (κ2) is 6.62. The van der Waals surface area contributed by atoms with Gasteiger partial charge >= 0.3 is 5.97 Å². The Balaban J connectivity index is 2.19. The topological polar surface area (TPSA) is 84.2 Å². The van der Waals surface area contributed by atoms with Crippen LogP contribution in [0, 0.1) is 6.92 Å². The highest BCUT2D eigenvalue weighted by Gasteiger charge is 2.16. The molecule has 1 unspecified atom stereocenters.